The Morgan fingerprint density at radius 2 is 1.94 bits per heavy atom. The molecular weight excluding hydrogens is 210 g/mol. The second-order valence-electron chi connectivity index (χ2n) is 4.25. The lowest BCUT2D eigenvalue weighted by atomic mass is 10.0. The zero-order valence-electron chi connectivity index (χ0n) is 9.72. The van der Waals surface area contributed by atoms with Gasteiger partial charge in [-0.1, -0.05) is 13.8 Å². The number of hydrogen-bond donors (Lipinski definition) is 2. The summed E-state index contributed by atoms with van der Waals surface area (Å²) in [6, 6.07) is -0.858. The van der Waals surface area contributed by atoms with Gasteiger partial charge in [-0.05, 0) is 12.8 Å². The van der Waals surface area contributed by atoms with E-state index in [1.807, 2.05) is 13.8 Å². The Hall–Kier alpha value is -1.10. The maximum absolute atomic E-state index is 12.0. The molecule has 0 saturated carbocycles. The normalized spacial score (nSPS) is 25.1. The van der Waals surface area contributed by atoms with Crippen LogP contribution >= 0.6 is 0 Å². The average molecular weight is 229 g/mol. The van der Waals surface area contributed by atoms with Crippen LogP contribution in [-0.4, -0.2) is 45.7 Å². The quantitative estimate of drug-likeness (QED) is 0.734. The highest BCUT2D eigenvalue weighted by atomic mass is 16.4. The van der Waals surface area contributed by atoms with E-state index < -0.39 is 18.1 Å². The molecule has 1 fully saturated rings. The Kier molecular flexibility index (Phi) is 4.29. The standard InChI is InChI=1S/C11H19NO4/c1-3-7(4-2)10(14)12-6-8(13)5-9(12)11(15)16/h7-9,13H,3-6H2,1-2H3,(H,15,16)/t8-,9-/m1/s1. The highest BCUT2D eigenvalue weighted by molar-refractivity contribution is 5.85. The third-order valence-corrected chi connectivity index (χ3v) is 3.18. The summed E-state index contributed by atoms with van der Waals surface area (Å²) in [5.74, 6) is -1.31. The molecule has 1 rings (SSSR count). The van der Waals surface area contributed by atoms with Crippen LogP contribution in [0.3, 0.4) is 0 Å². The van der Waals surface area contributed by atoms with Gasteiger partial charge in [-0.25, -0.2) is 4.79 Å². The van der Waals surface area contributed by atoms with Crippen molar-refractivity contribution >= 4 is 11.9 Å². The monoisotopic (exact) mass is 229 g/mol. The fourth-order valence-electron chi connectivity index (χ4n) is 2.16. The zero-order chi connectivity index (χ0) is 12.3. The summed E-state index contributed by atoms with van der Waals surface area (Å²) in [5, 5.41) is 18.4. The smallest absolute Gasteiger partial charge is 0.326 e. The molecule has 0 aromatic carbocycles. The third-order valence-electron chi connectivity index (χ3n) is 3.18. The summed E-state index contributed by atoms with van der Waals surface area (Å²) >= 11 is 0. The number of rotatable bonds is 4. The Bertz CT molecular complexity index is 275. The van der Waals surface area contributed by atoms with Crippen molar-refractivity contribution in [2.75, 3.05) is 6.54 Å². The lowest BCUT2D eigenvalue weighted by Crippen LogP contribution is -2.43. The van der Waals surface area contributed by atoms with Gasteiger partial charge in [-0.15, -0.1) is 0 Å². The SMILES string of the molecule is CCC(CC)C(=O)N1C[C@H](O)C[C@@H]1C(=O)O. The second-order valence-corrected chi connectivity index (χ2v) is 4.25. The summed E-state index contributed by atoms with van der Waals surface area (Å²) in [4.78, 5) is 24.3. The van der Waals surface area contributed by atoms with Gasteiger partial charge in [-0.3, -0.25) is 4.79 Å². The lowest BCUT2D eigenvalue weighted by molar-refractivity contribution is -0.150. The number of carbonyl (C=O) groups excluding carboxylic acids is 1. The number of carboxylic acids is 1. The average Bonchev–Trinajstić information content (AvgIpc) is 2.62. The molecule has 92 valence electrons. The largest absolute Gasteiger partial charge is 0.480 e. The Balaban J connectivity index is 2.77. The molecule has 1 amide bonds. The number of nitrogens with zero attached hydrogens (tertiary/aromatic N) is 1. The van der Waals surface area contributed by atoms with Gasteiger partial charge in [0.25, 0.3) is 0 Å². The van der Waals surface area contributed by atoms with Crippen molar-refractivity contribution in [1.29, 1.82) is 0 Å². The summed E-state index contributed by atoms with van der Waals surface area (Å²) in [5.41, 5.74) is 0. The number of carboxylic acid groups (broad SMARTS) is 1. The molecule has 2 atom stereocenters. The van der Waals surface area contributed by atoms with E-state index in [2.05, 4.69) is 0 Å². The number of aliphatic hydroxyl groups excluding tert-OH is 1. The van der Waals surface area contributed by atoms with Crippen LogP contribution < -0.4 is 0 Å². The van der Waals surface area contributed by atoms with E-state index in [1.54, 1.807) is 0 Å². The minimum atomic E-state index is -1.03. The van der Waals surface area contributed by atoms with Gasteiger partial charge in [0.05, 0.1) is 6.10 Å². The topological polar surface area (TPSA) is 77.8 Å². The first kappa shape index (κ1) is 13.0. The first-order chi connectivity index (χ1) is 7.51. The zero-order valence-corrected chi connectivity index (χ0v) is 9.72. The van der Waals surface area contributed by atoms with Crippen LogP contribution in [-0.2, 0) is 9.59 Å². The fourth-order valence-corrected chi connectivity index (χ4v) is 2.16. The second kappa shape index (κ2) is 5.30. The summed E-state index contributed by atoms with van der Waals surface area (Å²) in [7, 11) is 0. The third kappa shape index (κ3) is 2.52. The van der Waals surface area contributed by atoms with Crippen molar-refractivity contribution in [3.8, 4) is 0 Å². The van der Waals surface area contributed by atoms with E-state index in [-0.39, 0.29) is 24.8 Å². The van der Waals surface area contributed by atoms with E-state index in [4.69, 9.17) is 5.11 Å². The number of carbonyl (C=O) groups is 2. The van der Waals surface area contributed by atoms with Crippen LogP contribution in [0.2, 0.25) is 0 Å². The molecule has 5 nitrogen and oxygen atoms in total. The number of aliphatic carboxylic acids is 1. The Morgan fingerprint density at radius 3 is 2.38 bits per heavy atom. The van der Waals surface area contributed by atoms with Crippen LogP contribution in [0.25, 0.3) is 0 Å². The van der Waals surface area contributed by atoms with Crippen LogP contribution in [0.15, 0.2) is 0 Å². The molecule has 0 radical (unpaired) electrons. The molecule has 0 unspecified atom stereocenters. The van der Waals surface area contributed by atoms with Gasteiger partial charge < -0.3 is 15.1 Å². The van der Waals surface area contributed by atoms with E-state index in [9.17, 15) is 14.7 Å². The molecule has 0 aromatic heterocycles. The van der Waals surface area contributed by atoms with Crippen molar-refractivity contribution < 1.29 is 19.8 Å². The van der Waals surface area contributed by atoms with Gasteiger partial charge in [0, 0.05) is 18.9 Å². The molecule has 1 saturated heterocycles. The molecule has 1 aliphatic heterocycles. The van der Waals surface area contributed by atoms with Gasteiger partial charge in [0.1, 0.15) is 6.04 Å². The predicted molar refractivity (Wildman–Crippen MR) is 57.8 cm³/mol. The summed E-state index contributed by atoms with van der Waals surface area (Å²) in [6.07, 6.45) is 0.837. The molecule has 0 aliphatic carbocycles. The number of hydrogen-bond acceptors (Lipinski definition) is 3. The Labute approximate surface area is 95.1 Å². The van der Waals surface area contributed by atoms with Gasteiger partial charge in [0.15, 0.2) is 0 Å². The fraction of sp³-hybridized carbons (Fsp3) is 0.818. The van der Waals surface area contributed by atoms with Crippen molar-refractivity contribution in [3.63, 3.8) is 0 Å². The molecular formula is C11H19NO4. The molecule has 2 N–H and O–H groups in total. The first-order valence-corrected chi connectivity index (χ1v) is 5.72. The van der Waals surface area contributed by atoms with E-state index in [0.717, 1.165) is 0 Å². The molecule has 0 aromatic rings. The number of likely N-dealkylation sites (tertiary alicyclic amines) is 1. The maximum atomic E-state index is 12.0. The van der Waals surface area contributed by atoms with Crippen LogP contribution in [0.4, 0.5) is 0 Å². The van der Waals surface area contributed by atoms with E-state index in [1.165, 1.54) is 4.90 Å². The highest BCUT2D eigenvalue weighted by Gasteiger charge is 2.40. The predicted octanol–water partition coefficient (Wildman–Crippen LogP) is 0.469. The van der Waals surface area contributed by atoms with Gasteiger partial charge >= 0.3 is 5.97 Å². The van der Waals surface area contributed by atoms with Crippen LogP contribution in [0.1, 0.15) is 33.1 Å². The van der Waals surface area contributed by atoms with Gasteiger partial charge in [0.2, 0.25) is 5.91 Å². The minimum absolute atomic E-state index is 0.132. The number of aliphatic hydroxyl groups is 1. The van der Waals surface area contributed by atoms with Crippen molar-refractivity contribution in [2.24, 2.45) is 5.92 Å². The number of β-amino-alcohol motifs (C(OH)–C–C–N with tert-alkyl or cyclic N) is 1. The summed E-state index contributed by atoms with van der Waals surface area (Å²) in [6.45, 7) is 3.97. The first-order valence-electron chi connectivity index (χ1n) is 5.72. The lowest BCUT2D eigenvalue weighted by Gasteiger charge is -2.25. The van der Waals surface area contributed by atoms with Crippen molar-refractivity contribution in [1.82, 2.24) is 4.90 Å². The van der Waals surface area contributed by atoms with Crippen LogP contribution in [0, 0.1) is 5.92 Å². The highest BCUT2D eigenvalue weighted by Crippen LogP contribution is 2.22. The Morgan fingerprint density at radius 1 is 1.38 bits per heavy atom. The summed E-state index contributed by atoms with van der Waals surface area (Å²) < 4.78 is 0. The van der Waals surface area contributed by atoms with Crippen molar-refractivity contribution in [3.05, 3.63) is 0 Å². The van der Waals surface area contributed by atoms with Crippen molar-refractivity contribution in [2.45, 2.75) is 45.3 Å². The minimum Gasteiger partial charge on any atom is -0.480 e. The van der Waals surface area contributed by atoms with Crippen LogP contribution in [0.5, 0.6) is 0 Å². The molecule has 0 spiro atoms. The molecule has 0 bridgehead atoms. The maximum Gasteiger partial charge on any atom is 0.326 e. The van der Waals surface area contributed by atoms with Gasteiger partial charge in [-0.2, -0.15) is 0 Å². The van der Waals surface area contributed by atoms with E-state index >= 15 is 0 Å². The molecule has 1 heterocycles. The number of amides is 1. The van der Waals surface area contributed by atoms with E-state index in [0.29, 0.717) is 12.8 Å². The molecule has 1 aliphatic rings. The molecule has 5 heteroatoms. The molecule has 16 heavy (non-hydrogen) atoms.